The van der Waals surface area contributed by atoms with Crippen molar-refractivity contribution in [3.63, 3.8) is 0 Å². The summed E-state index contributed by atoms with van der Waals surface area (Å²) < 4.78 is 1.19. The summed E-state index contributed by atoms with van der Waals surface area (Å²) in [5.41, 5.74) is -0.906. The van der Waals surface area contributed by atoms with Crippen LogP contribution < -0.4 is 0 Å². The normalized spacial score (nSPS) is 10.5. The molecule has 0 aliphatic heterocycles. The van der Waals surface area contributed by atoms with Gasteiger partial charge in [-0.15, -0.1) is 0 Å². The van der Waals surface area contributed by atoms with Crippen LogP contribution in [0, 0.1) is 23.8 Å². The monoisotopic (exact) mass is 494 g/mol. The van der Waals surface area contributed by atoms with E-state index in [1.54, 1.807) is 12.1 Å². The lowest BCUT2D eigenvalue weighted by molar-refractivity contribution is -0.394. The smallest absolute Gasteiger partial charge is 0.317 e. The van der Waals surface area contributed by atoms with Crippen molar-refractivity contribution in [1.82, 2.24) is 0 Å². The van der Waals surface area contributed by atoms with Crippen LogP contribution in [-0.4, -0.2) is 20.1 Å². The molecule has 0 atom stereocenters. The van der Waals surface area contributed by atoms with Crippen LogP contribution in [0.2, 0.25) is 0 Å². The largest absolute Gasteiger partial charge is 0.507 e. The fourth-order valence-electron chi connectivity index (χ4n) is 2.00. The van der Waals surface area contributed by atoms with Gasteiger partial charge in [0.1, 0.15) is 5.75 Å². The molecule has 0 aliphatic rings. The quantitative estimate of drug-likeness (QED) is 0.377. The first-order valence-electron chi connectivity index (χ1n) is 6.02. The van der Waals surface area contributed by atoms with E-state index in [4.69, 9.17) is 0 Å². The second kappa shape index (κ2) is 6.66. The Morgan fingerprint density at radius 1 is 1.00 bits per heavy atom. The molecular formula is C13H8BrIN2O6. The van der Waals surface area contributed by atoms with Gasteiger partial charge in [0, 0.05) is 28.1 Å². The Morgan fingerprint density at radius 2 is 1.61 bits per heavy atom. The average molecular weight is 495 g/mol. The van der Waals surface area contributed by atoms with E-state index in [1.165, 1.54) is 0 Å². The maximum Gasteiger partial charge on any atom is 0.317 e. The van der Waals surface area contributed by atoms with Crippen LogP contribution in [0.4, 0.5) is 11.4 Å². The third kappa shape index (κ3) is 3.69. The fourth-order valence-corrected chi connectivity index (χ4v) is 3.62. The van der Waals surface area contributed by atoms with Crippen LogP contribution in [-0.2, 0) is 6.42 Å². The molecule has 0 spiro atoms. The maximum atomic E-state index is 10.9. The lowest BCUT2D eigenvalue weighted by Crippen LogP contribution is -1.98. The van der Waals surface area contributed by atoms with Crippen LogP contribution in [0.15, 0.2) is 28.7 Å². The predicted molar refractivity (Wildman–Crippen MR) is 92.7 cm³/mol. The van der Waals surface area contributed by atoms with Gasteiger partial charge in [-0.25, -0.2) is 0 Å². The molecule has 0 aromatic heterocycles. The number of phenolic OH excluding ortho intramolecular Hbond substituents is 2. The van der Waals surface area contributed by atoms with Gasteiger partial charge in [-0.05, 0) is 34.7 Å². The van der Waals surface area contributed by atoms with Crippen LogP contribution in [0.25, 0.3) is 0 Å². The summed E-state index contributed by atoms with van der Waals surface area (Å²) in [5, 5.41) is 41.9. The Hall–Kier alpha value is -1.95. The molecular weight excluding hydrogens is 487 g/mol. The van der Waals surface area contributed by atoms with Crippen molar-refractivity contribution in [2.75, 3.05) is 0 Å². The number of nitrogens with zero attached hydrogens (tertiary/aromatic N) is 2. The topological polar surface area (TPSA) is 127 Å². The van der Waals surface area contributed by atoms with Crippen molar-refractivity contribution in [3.05, 3.63) is 63.7 Å². The van der Waals surface area contributed by atoms with Gasteiger partial charge < -0.3 is 10.2 Å². The van der Waals surface area contributed by atoms with Gasteiger partial charge in [0.2, 0.25) is 0 Å². The predicted octanol–water partition coefficient (Wildman–Crippen LogP) is 3.87. The van der Waals surface area contributed by atoms with E-state index in [0.717, 1.165) is 6.07 Å². The van der Waals surface area contributed by atoms with E-state index in [0.29, 0.717) is 19.7 Å². The van der Waals surface area contributed by atoms with E-state index in [-0.39, 0.29) is 17.7 Å². The van der Waals surface area contributed by atoms with Crippen molar-refractivity contribution in [2.45, 2.75) is 6.42 Å². The molecule has 2 N–H and O–H groups in total. The molecule has 0 amide bonds. The number of aromatic hydroxyl groups is 2. The average Bonchev–Trinajstić information content (AvgIpc) is 2.45. The van der Waals surface area contributed by atoms with E-state index < -0.39 is 27.0 Å². The first-order valence-corrected chi connectivity index (χ1v) is 7.89. The molecule has 0 bridgehead atoms. The highest BCUT2D eigenvalue weighted by atomic mass is 127. The van der Waals surface area contributed by atoms with Crippen LogP contribution >= 0.6 is 38.5 Å². The number of hydrogen-bond donors (Lipinski definition) is 2. The van der Waals surface area contributed by atoms with Gasteiger partial charge in [0.15, 0.2) is 5.75 Å². The number of phenols is 2. The number of nitro benzene ring substituents is 2. The molecule has 2 aromatic carbocycles. The third-order valence-electron chi connectivity index (χ3n) is 3.05. The number of hydrogen-bond acceptors (Lipinski definition) is 6. The Balaban J connectivity index is 2.60. The van der Waals surface area contributed by atoms with Crippen molar-refractivity contribution < 1.29 is 20.1 Å². The Labute approximate surface area is 151 Å². The second-order valence-corrected chi connectivity index (χ2v) is 6.64. The van der Waals surface area contributed by atoms with E-state index in [2.05, 4.69) is 15.9 Å². The minimum absolute atomic E-state index is 0.0184. The molecule has 0 unspecified atom stereocenters. The van der Waals surface area contributed by atoms with Crippen molar-refractivity contribution in [1.29, 1.82) is 0 Å². The number of non-ortho nitro benzene ring substituents is 1. The number of halogens is 2. The van der Waals surface area contributed by atoms with E-state index in [9.17, 15) is 30.4 Å². The molecule has 8 nitrogen and oxygen atoms in total. The summed E-state index contributed by atoms with van der Waals surface area (Å²) in [6, 6.07) is 4.98. The molecule has 2 rings (SSSR count). The highest BCUT2D eigenvalue weighted by Crippen LogP contribution is 2.38. The summed E-state index contributed by atoms with van der Waals surface area (Å²) in [7, 11) is 0. The zero-order valence-electron chi connectivity index (χ0n) is 11.2. The van der Waals surface area contributed by atoms with E-state index in [1.807, 2.05) is 22.6 Å². The van der Waals surface area contributed by atoms with Crippen LogP contribution in [0.1, 0.15) is 11.1 Å². The number of nitro groups is 2. The molecule has 0 heterocycles. The first-order chi connectivity index (χ1) is 10.7. The third-order valence-corrected chi connectivity index (χ3v) is 4.33. The van der Waals surface area contributed by atoms with E-state index >= 15 is 0 Å². The van der Waals surface area contributed by atoms with Crippen molar-refractivity contribution in [2.24, 2.45) is 0 Å². The zero-order chi connectivity index (χ0) is 17.3. The standard InChI is InChI=1S/C13H8BrIN2O6/c14-8-2-6(12(18)10(15)4-8)1-7-3-9(16(20)21)5-11(13(7)19)17(22)23/h2-5,18-19H,1H2. The lowest BCUT2D eigenvalue weighted by atomic mass is 10.0. The van der Waals surface area contributed by atoms with Gasteiger partial charge >= 0.3 is 5.69 Å². The SMILES string of the molecule is O=[N+]([O-])c1cc(Cc2cc(Br)cc(I)c2O)c(O)c([N+](=O)[O-])c1. The molecule has 0 aliphatic carbocycles. The Kier molecular flexibility index (Phi) is 5.04. The molecule has 2 aromatic rings. The minimum atomic E-state index is -0.893. The van der Waals surface area contributed by atoms with Crippen molar-refractivity contribution in [3.8, 4) is 11.5 Å². The fraction of sp³-hybridized carbons (Fsp3) is 0.0769. The van der Waals surface area contributed by atoms with Crippen LogP contribution in [0.5, 0.6) is 11.5 Å². The summed E-state index contributed by atoms with van der Waals surface area (Å²) in [6.45, 7) is 0. The number of rotatable bonds is 4. The minimum Gasteiger partial charge on any atom is -0.507 e. The molecule has 0 radical (unpaired) electrons. The second-order valence-electron chi connectivity index (χ2n) is 4.56. The highest BCUT2D eigenvalue weighted by Gasteiger charge is 2.24. The highest BCUT2D eigenvalue weighted by molar-refractivity contribution is 14.1. The Morgan fingerprint density at radius 3 is 2.17 bits per heavy atom. The maximum absolute atomic E-state index is 10.9. The van der Waals surface area contributed by atoms with Gasteiger partial charge in [-0.2, -0.15) is 0 Å². The summed E-state index contributed by atoms with van der Waals surface area (Å²) in [6.07, 6.45) is -0.102. The van der Waals surface area contributed by atoms with Crippen molar-refractivity contribution >= 4 is 49.9 Å². The Bertz CT molecular complexity index is 827. The summed E-state index contributed by atoms with van der Waals surface area (Å²) in [5.74, 6) is -0.711. The number of benzene rings is 2. The van der Waals surface area contributed by atoms with Gasteiger partial charge in [0.25, 0.3) is 5.69 Å². The lowest BCUT2D eigenvalue weighted by Gasteiger charge is -2.09. The molecule has 10 heteroatoms. The molecule has 0 fully saturated rings. The molecule has 0 saturated carbocycles. The first kappa shape index (κ1) is 17.4. The van der Waals surface area contributed by atoms with Gasteiger partial charge in [-0.1, -0.05) is 15.9 Å². The molecule has 0 saturated heterocycles. The van der Waals surface area contributed by atoms with Crippen LogP contribution in [0.3, 0.4) is 0 Å². The molecule has 120 valence electrons. The summed E-state index contributed by atoms with van der Waals surface area (Å²) in [4.78, 5) is 20.2. The zero-order valence-corrected chi connectivity index (χ0v) is 14.9. The van der Waals surface area contributed by atoms with Gasteiger partial charge in [-0.3, -0.25) is 20.2 Å². The van der Waals surface area contributed by atoms with Gasteiger partial charge in [0.05, 0.1) is 19.5 Å². The summed E-state index contributed by atoms with van der Waals surface area (Å²) >= 11 is 5.16. The molecule has 23 heavy (non-hydrogen) atoms.